The summed E-state index contributed by atoms with van der Waals surface area (Å²) in [5.74, 6) is -1.15. The van der Waals surface area contributed by atoms with E-state index in [1.807, 2.05) is 0 Å². The van der Waals surface area contributed by atoms with Crippen LogP contribution in [-0.2, 0) is 14.1 Å². The third-order valence-electron chi connectivity index (χ3n) is 2.84. The van der Waals surface area contributed by atoms with Crippen molar-refractivity contribution >= 4 is 34.8 Å². The number of rotatable bonds is 2. The molecule has 0 fully saturated rings. The minimum absolute atomic E-state index is 0.269. The molecule has 8 heteroatoms. The number of aryl methyl sites for hydroxylation is 2. The van der Waals surface area contributed by atoms with Gasteiger partial charge in [-0.3, -0.25) is 4.79 Å². The zero-order valence-electron chi connectivity index (χ0n) is 11.2. The summed E-state index contributed by atoms with van der Waals surface area (Å²) in [4.78, 5) is 24.2. The molecule has 1 aromatic heterocycles. The Kier molecular flexibility index (Phi) is 4.20. The first-order valence-electron chi connectivity index (χ1n) is 5.86. The highest BCUT2D eigenvalue weighted by atomic mass is 35.5. The van der Waals surface area contributed by atoms with E-state index in [1.165, 1.54) is 47.8 Å². The first-order chi connectivity index (χ1) is 9.81. The fraction of sp³-hybridized carbons (Fsp3) is 0.154. The van der Waals surface area contributed by atoms with Gasteiger partial charge in [-0.2, -0.15) is 0 Å². The summed E-state index contributed by atoms with van der Waals surface area (Å²) >= 11 is 11.6. The van der Waals surface area contributed by atoms with Crippen molar-refractivity contribution in [1.82, 2.24) is 4.57 Å². The molecule has 2 N–H and O–H groups in total. The maximum atomic E-state index is 12.2. The highest BCUT2D eigenvalue weighted by molar-refractivity contribution is 6.42. The zero-order valence-corrected chi connectivity index (χ0v) is 12.7. The predicted molar refractivity (Wildman–Crippen MR) is 78.9 cm³/mol. The molecule has 0 aliphatic carbocycles. The molecule has 1 amide bonds. The van der Waals surface area contributed by atoms with Gasteiger partial charge in [0.1, 0.15) is 0 Å². The third kappa shape index (κ3) is 3.01. The fourth-order valence-corrected chi connectivity index (χ4v) is 2.08. The molecule has 0 bridgehead atoms. The molecule has 0 saturated carbocycles. The maximum absolute atomic E-state index is 12.2. The van der Waals surface area contributed by atoms with Gasteiger partial charge in [0.05, 0.1) is 24.1 Å². The average molecular weight is 329 g/mol. The number of benzene rings is 1. The summed E-state index contributed by atoms with van der Waals surface area (Å²) in [5, 5.41) is 13.0. The Labute approximate surface area is 130 Å². The van der Waals surface area contributed by atoms with Crippen LogP contribution in [-0.4, -0.2) is 15.6 Å². The van der Waals surface area contributed by atoms with E-state index in [2.05, 4.69) is 5.32 Å². The number of nitrogens with one attached hydrogen (secondary N) is 1. The molecule has 2 aromatic rings. The lowest BCUT2D eigenvalue weighted by molar-refractivity contribution is -0.682. The maximum Gasteiger partial charge on any atom is 0.354 e. The highest BCUT2D eigenvalue weighted by Crippen LogP contribution is 2.25. The smallest absolute Gasteiger partial charge is 0.354 e. The van der Waals surface area contributed by atoms with E-state index in [1.54, 1.807) is 0 Å². The molecule has 21 heavy (non-hydrogen) atoms. The molecule has 0 atom stereocenters. The monoisotopic (exact) mass is 328 g/mol. The predicted octanol–water partition coefficient (Wildman–Crippen LogP) is 1.47. The molecule has 0 unspecified atom stereocenters. The van der Waals surface area contributed by atoms with Gasteiger partial charge in [0.2, 0.25) is 11.9 Å². The molecular formula is C13H12Cl2N3O3+. The molecule has 6 nitrogen and oxygen atoms in total. The largest absolute Gasteiger partial charge is 0.477 e. The third-order valence-corrected chi connectivity index (χ3v) is 3.58. The summed E-state index contributed by atoms with van der Waals surface area (Å²) in [6.07, 6.45) is 1.37. The van der Waals surface area contributed by atoms with Gasteiger partial charge in [0, 0.05) is 5.69 Å². The topological polar surface area (TPSA) is 75.2 Å². The van der Waals surface area contributed by atoms with Crippen LogP contribution < -0.4 is 15.4 Å². The normalized spacial score (nSPS) is 10.5. The second kappa shape index (κ2) is 5.75. The van der Waals surface area contributed by atoms with E-state index in [0.717, 1.165) is 0 Å². The number of amides is 1. The quantitative estimate of drug-likeness (QED) is 0.820. The standard InChI is InChI=1S/C13H11Cl2N3O3/c1-17-6-18(2)13(21)10(12(17)20)11(19)16-7-3-4-8(14)9(15)5-7/h3-6H,1-2H3,(H-,16,19,20,21)/p+1. The van der Waals surface area contributed by atoms with Gasteiger partial charge in [-0.1, -0.05) is 23.2 Å². The van der Waals surface area contributed by atoms with Crippen LogP contribution in [0.2, 0.25) is 10.0 Å². The van der Waals surface area contributed by atoms with Crippen LogP contribution in [0.1, 0.15) is 10.4 Å². The molecule has 110 valence electrons. The van der Waals surface area contributed by atoms with E-state index in [4.69, 9.17) is 23.2 Å². The lowest BCUT2D eigenvalue weighted by atomic mass is 10.2. The second-order valence-electron chi connectivity index (χ2n) is 4.42. The van der Waals surface area contributed by atoms with Crippen molar-refractivity contribution in [3.8, 4) is 5.88 Å². The van der Waals surface area contributed by atoms with Gasteiger partial charge in [-0.05, 0) is 18.2 Å². The summed E-state index contributed by atoms with van der Waals surface area (Å²) in [6.45, 7) is 0. The van der Waals surface area contributed by atoms with Crippen molar-refractivity contribution in [2.24, 2.45) is 14.1 Å². The summed E-state index contributed by atoms with van der Waals surface area (Å²) in [5.41, 5.74) is -0.598. The molecule has 0 aliphatic heterocycles. The first kappa shape index (κ1) is 15.3. The van der Waals surface area contributed by atoms with E-state index in [0.29, 0.717) is 10.7 Å². The Morgan fingerprint density at radius 1 is 1.33 bits per heavy atom. The van der Waals surface area contributed by atoms with Gasteiger partial charge in [-0.25, -0.2) is 13.9 Å². The Hall–Kier alpha value is -2.05. The Bertz CT molecular complexity index is 787. The van der Waals surface area contributed by atoms with Gasteiger partial charge in [-0.15, -0.1) is 0 Å². The summed E-state index contributed by atoms with van der Waals surface area (Å²) in [6, 6.07) is 4.51. The number of nitrogens with zero attached hydrogens (tertiary/aromatic N) is 2. The molecule has 0 radical (unpaired) electrons. The van der Waals surface area contributed by atoms with Crippen LogP contribution >= 0.6 is 23.2 Å². The van der Waals surface area contributed by atoms with Crippen molar-refractivity contribution in [2.45, 2.75) is 0 Å². The van der Waals surface area contributed by atoms with Crippen LogP contribution in [0.15, 0.2) is 29.3 Å². The first-order valence-corrected chi connectivity index (χ1v) is 6.61. The van der Waals surface area contributed by atoms with Crippen LogP contribution in [0, 0.1) is 0 Å². The Morgan fingerprint density at radius 2 is 2.00 bits per heavy atom. The number of carbonyl (C=O) groups excluding carboxylic acids is 1. The zero-order chi connectivity index (χ0) is 15.7. The van der Waals surface area contributed by atoms with Crippen LogP contribution in [0.25, 0.3) is 0 Å². The molecule has 0 spiro atoms. The van der Waals surface area contributed by atoms with Gasteiger partial charge in [0.15, 0.2) is 0 Å². The lowest BCUT2D eigenvalue weighted by Crippen LogP contribution is -2.40. The van der Waals surface area contributed by atoms with Crippen molar-refractivity contribution in [3.63, 3.8) is 0 Å². The second-order valence-corrected chi connectivity index (χ2v) is 5.24. The molecule has 2 rings (SSSR count). The Balaban J connectivity index is 2.41. The summed E-state index contributed by atoms with van der Waals surface area (Å²) < 4.78 is 2.47. The van der Waals surface area contributed by atoms with E-state index >= 15 is 0 Å². The van der Waals surface area contributed by atoms with Crippen molar-refractivity contribution in [2.75, 3.05) is 5.32 Å². The van der Waals surface area contributed by atoms with Crippen LogP contribution in [0.5, 0.6) is 5.88 Å². The van der Waals surface area contributed by atoms with Gasteiger partial charge >= 0.3 is 11.4 Å². The molecule has 1 heterocycles. The van der Waals surface area contributed by atoms with E-state index in [-0.39, 0.29) is 10.6 Å². The van der Waals surface area contributed by atoms with Crippen molar-refractivity contribution < 1.29 is 14.5 Å². The SMILES string of the molecule is Cn1c[n+](C)c(O)c(C(=O)Nc2ccc(Cl)c(Cl)c2)c1=O. The average Bonchev–Trinajstić information content (AvgIpc) is 2.41. The van der Waals surface area contributed by atoms with Crippen LogP contribution in [0.3, 0.4) is 0 Å². The molecule has 0 aliphatic rings. The number of halogens is 2. The van der Waals surface area contributed by atoms with Crippen molar-refractivity contribution in [3.05, 3.63) is 50.5 Å². The number of aromatic nitrogens is 2. The van der Waals surface area contributed by atoms with Gasteiger partial charge in [0.25, 0.3) is 5.91 Å². The summed E-state index contributed by atoms with van der Waals surface area (Å²) in [7, 11) is 3.00. The van der Waals surface area contributed by atoms with Crippen LogP contribution in [0.4, 0.5) is 5.69 Å². The lowest BCUT2D eigenvalue weighted by Gasteiger charge is -2.07. The van der Waals surface area contributed by atoms with Crippen molar-refractivity contribution in [1.29, 1.82) is 0 Å². The molecule has 1 aromatic carbocycles. The number of hydrogen-bond donors (Lipinski definition) is 2. The van der Waals surface area contributed by atoms with Gasteiger partial charge < -0.3 is 10.4 Å². The number of aromatic hydroxyl groups is 1. The Morgan fingerprint density at radius 3 is 2.62 bits per heavy atom. The minimum Gasteiger partial charge on any atom is -0.477 e. The van der Waals surface area contributed by atoms with E-state index in [9.17, 15) is 14.7 Å². The minimum atomic E-state index is -0.734. The number of carbonyl (C=O) groups is 1. The molecular weight excluding hydrogens is 317 g/mol. The fourth-order valence-electron chi connectivity index (χ4n) is 1.78. The van der Waals surface area contributed by atoms with E-state index < -0.39 is 17.3 Å². The number of anilines is 1. The highest BCUT2D eigenvalue weighted by Gasteiger charge is 2.24. The molecule has 0 saturated heterocycles. The number of hydrogen-bond acceptors (Lipinski definition) is 3.